The Morgan fingerprint density at radius 1 is 1.09 bits per heavy atom. The third kappa shape index (κ3) is 5.04. The second-order valence-corrected chi connectivity index (χ2v) is 8.30. The Morgan fingerprint density at radius 2 is 1.91 bits per heavy atom. The monoisotopic (exact) mass is 485 g/mol. The average molecular weight is 486 g/mol. The minimum absolute atomic E-state index is 0.107. The van der Waals surface area contributed by atoms with E-state index in [0.717, 1.165) is 11.4 Å². The molecular formula is C22H17Cl2N5O2S. The van der Waals surface area contributed by atoms with Gasteiger partial charge in [0, 0.05) is 11.2 Å². The van der Waals surface area contributed by atoms with Crippen LogP contribution in [0.15, 0.2) is 72.0 Å². The highest BCUT2D eigenvalue weighted by Crippen LogP contribution is 2.29. The summed E-state index contributed by atoms with van der Waals surface area (Å²) in [6.45, 7) is 0. The molecule has 4 rings (SSSR count). The molecule has 2 heterocycles. The summed E-state index contributed by atoms with van der Waals surface area (Å²) < 4.78 is 7.11. The number of rotatable bonds is 7. The smallest absolute Gasteiger partial charge is 0.234 e. The van der Waals surface area contributed by atoms with Crippen LogP contribution in [0.25, 0.3) is 17.2 Å². The lowest BCUT2D eigenvalue weighted by Gasteiger charge is -2.11. The van der Waals surface area contributed by atoms with Crippen molar-refractivity contribution in [2.24, 2.45) is 0 Å². The molecule has 0 saturated heterocycles. The lowest BCUT2D eigenvalue weighted by atomic mass is 10.3. The van der Waals surface area contributed by atoms with Crippen molar-refractivity contribution in [2.75, 3.05) is 18.2 Å². The Bertz CT molecular complexity index is 1230. The third-order valence-electron chi connectivity index (χ3n) is 4.40. The number of halogens is 2. The van der Waals surface area contributed by atoms with Gasteiger partial charge in [0.1, 0.15) is 11.4 Å². The average Bonchev–Trinajstić information content (AvgIpc) is 3.24. The molecule has 7 nitrogen and oxygen atoms in total. The van der Waals surface area contributed by atoms with Crippen molar-refractivity contribution in [3.63, 3.8) is 0 Å². The van der Waals surface area contributed by atoms with E-state index >= 15 is 0 Å². The van der Waals surface area contributed by atoms with E-state index in [4.69, 9.17) is 27.9 Å². The van der Waals surface area contributed by atoms with Gasteiger partial charge in [0.2, 0.25) is 5.91 Å². The van der Waals surface area contributed by atoms with E-state index in [1.54, 1.807) is 31.5 Å². The molecule has 0 radical (unpaired) electrons. The van der Waals surface area contributed by atoms with Crippen molar-refractivity contribution in [1.82, 2.24) is 19.7 Å². The standard InChI is InChI=1S/C22H17Cl2N5O2S/c1-31-16-8-6-15(7-9-16)29-21(19-4-2-3-11-25-19)27-28-22(29)32-13-20(30)26-18-10-5-14(23)12-17(18)24/h2-12H,13H2,1H3,(H,26,30). The first-order chi connectivity index (χ1) is 15.5. The van der Waals surface area contributed by atoms with Crippen LogP contribution in [0, 0.1) is 0 Å². The lowest BCUT2D eigenvalue weighted by molar-refractivity contribution is -0.113. The number of benzene rings is 2. The molecule has 0 bridgehead atoms. The molecule has 1 amide bonds. The summed E-state index contributed by atoms with van der Waals surface area (Å²) in [5.41, 5.74) is 1.98. The number of ether oxygens (including phenoxy) is 1. The first-order valence-electron chi connectivity index (χ1n) is 9.44. The van der Waals surface area contributed by atoms with Crippen LogP contribution in [-0.4, -0.2) is 38.5 Å². The van der Waals surface area contributed by atoms with Gasteiger partial charge in [-0.15, -0.1) is 10.2 Å². The van der Waals surface area contributed by atoms with Gasteiger partial charge in [0.05, 0.1) is 29.3 Å². The maximum Gasteiger partial charge on any atom is 0.234 e. The zero-order valence-corrected chi connectivity index (χ0v) is 19.2. The Labute approximate surface area is 198 Å². The molecule has 0 spiro atoms. The number of nitrogens with zero attached hydrogens (tertiary/aromatic N) is 4. The minimum atomic E-state index is -0.233. The molecule has 0 unspecified atom stereocenters. The van der Waals surface area contributed by atoms with Crippen LogP contribution < -0.4 is 10.1 Å². The van der Waals surface area contributed by atoms with Gasteiger partial charge < -0.3 is 10.1 Å². The van der Waals surface area contributed by atoms with E-state index in [-0.39, 0.29) is 11.7 Å². The lowest BCUT2D eigenvalue weighted by Crippen LogP contribution is -2.15. The number of methoxy groups -OCH3 is 1. The SMILES string of the molecule is COc1ccc(-n2c(SCC(=O)Nc3ccc(Cl)cc3Cl)nnc2-c2ccccn2)cc1. The molecule has 10 heteroatoms. The van der Waals surface area contributed by atoms with Gasteiger partial charge in [0.15, 0.2) is 11.0 Å². The first kappa shape index (κ1) is 22.1. The Kier molecular flexibility index (Phi) is 6.94. The summed E-state index contributed by atoms with van der Waals surface area (Å²) >= 11 is 13.3. The summed E-state index contributed by atoms with van der Waals surface area (Å²) in [6.07, 6.45) is 1.69. The predicted molar refractivity (Wildman–Crippen MR) is 127 cm³/mol. The molecular weight excluding hydrogens is 469 g/mol. The number of nitrogens with one attached hydrogen (secondary N) is 1. The van der Waals surface area contributed by atoms with E-state index in [2.05, 4.69) is 20.5 Å². The molecule has 2 aromatic carbocycles. The molecule has 0 aliphatic carbocycles. The van der Waals surface area contributed by atoms with Gasteiger partial charge in [-0.05, 0) is 54.6 Å². The number of thioether (sulfide) groups is 1. The van der Waals surface area contributed by atoms with Crippen molar-refractivity contribution in [1.29, 1.82) is 0 Å². The van der Waals surface area contributed by atoms with Crippen LogP contribution in [0.3, 0.4) is 0 Å². The van der Waals surface area contributed by atoms with Gasteiger partial charge in [-0.2, -0.15) is 0 Å². The minimum Gasteiger partial charge on any atom is -0.497 e. The maximum atomic E-state index is 12.5. The molecule has 0 aliphatic rings. The zero-order valence-electron chi connectivity index (χ0n) is 16.8. The fourth-order valence-electron chi connectivity index (χ4n) is 2.90. The third-order valence-corrected chi connectivity index (χ3v) is 5.87. The zero-order chi connectivity index (χ0) is 22.5. The highest BCUT2D eigenvalue weighted by molar-refractivity contribution is 7.99. The Hall–Kier alpha value is -3.07. The van der Waals surface area contributed by atoms with Crippen molar-refractivity contribution < 1.29 is 9.53 Å². The summed E-state index contributed by atoms with van der Waals surface area (Å²) in [5, 5.41) is 12.8. The first-order valence-corrected chi connectivity index (χ1v) is 11.2. The predicted octanol–water partition coefficient (Wildman–Crippen LogP) is 5.38. The van der Waals surface area contributed by atoms with Gasteiger partial charge in [0.25, 0.3) is 0 Å². The second kappa shape index (κ2) is 10.0. The molecule has 32 heavy (non-hydrogen) atoms. The number of anilines is 1. The molecule has 2 aromatic heterocycles. The van der Waals surface area contributed by atoms with E-state index in [0.29, 0.717) is 32.4 Å². The summed E-state index contributed by atoms with van der Waals surface area (Å²) in [7, 11) is 1.61. The molecule has 0 saturated carbocycles. The van der Waals surface area contributed by atoms with Crippen LogP contribution in [0.4, 0.5) is 5.69 Å². The summed E-state index contributed by atoms with van der Waals surface area (Å²) in [6, 6.07) is 18.0. The highest BCUT2D eigenvalue weighted by atomic mass is 35.5. The normalized spacial score (nSPS) is 10.7. The fraction of sp³-hybridized carbons (Fsp3) is 0.0909. The van der Waals surface area contributed by atoms with Crippen molar-refractivity contribution >= 4 is 46.6 Å². The van der Waals surface area contributed by atoms with Crippen LogP contribution in [-0.2, 0) is 4.79 Å². The molecule has 0 atom stereocenters. The van der Waals surface area contributed by atoms with Crippen molar-refractivity contribution in [3.05, 3.63) is 76.9 Å². The summed E-state index contributed by atoms with van der Waals surface area (Å²) in [4.78, 5) is 16.9. The summed E-state index contributed by atoms with van der Waals surface area (Å²) in [5.74, 6) is 1.17. The Balaban J connectivity index is 1.59. The molecule has 162 valence electrons. The number of amides is 1. The van der Waals surface area contributed by atoms with Crippen LogP contribution in [0.2, 0.25) is 10.0 Å². The molecule has 0 fully saturated rings. The van der Waals surface area contributed by atoms with Crippen LogP contribution >= 0.6 is 35.0 Å². The number of hydrogen-bond acceptors (Lipinski definition) is 6. The largest absolute Gasteiger partial charge is 0.497 e. The van der Waals surface area contributed by atoms with E-state index in [1.807, 2.05) is 47.0 Å². The van der Waals surface area contributed by atoms with Crippen LogP contribution in [0.5, 0.6) is 5.75 Å². The maximum absolute atomic E-state index is 12.5. The van der Waals surface area contributed by atoms with E-state index in [9.17, 15) is 4.79 Å². The van der Waals surface area contributed by atoms with Gasteiger partial charge in [-0.1, -0.05) is 41.0 Å². The Morgan fingerprint density at radius 3 is 2.59 bits per heavy atom. The molecule has 1 N–H and O–H groups in total. The van der Waals surface area contributed by atoms with Gasteiger partial charge in [-0.25, -0.2) is 0 Å². The number of carbonyl (C=O) groups is 1. The topological polar surface area (TPSA) is 81.9 Å². The quantitative estimate of drug-likeness (QED) is 0.354. The van der Waals surface area contributed by atoms with Crippen molar-refractivity contribution in [2.45, 2.75) is 5.16 Å². The highest BCUT2D eigenvalue weighted by Gasteiger charge is 2.18. The molecule has 0 aliphatic heterocycles. The number of aromatic nitrogens is 4. The number of pyridine rings is 1. The van der Waals surface area contributed by atoms with Crippen molar-refractivity contribution in [3.8, 4) is 23.0 Å². The van der Waals surface area contributed by atoms with E-state index in [1.165, 1.54) is 11.8 Å². The molecule has 4 aromatic rings. The second-order valence-electron chi connectivity index (χ2n) is 6.52. The number of hydrogen-bond donors (Lipinski definition) is 1. The van der Waals surface area contributed by atoms with E-state index < -0.39 is 0 Å². The fourth-order valence-corrected chi connectivity index (χ4v) is 4.10. The van der Waals surface area contributed by atoms with Gasteiger partial charge >= 0.3 is 0 Å². The van der Waals surface area contributed by atoms with Gasteiger partial charge in [-0.3, -0.25) is 14.3 Å². The number of carbonyl (C=O) groups excluding carboxylic acids is 1. The van der Waals surface area contributed by atoms with Crippen LogP contribution in [0.1, 0.15) is 0 Å².